The van der Waals surface area contributed by atoms with Gasteiger partial charge in [0.25, 0.3) is 17.4 Å². The highest BCUT2D eigenvalue weighted by Crippen LogP contribution is 2.46. The molecule has 4 saturated heterocycles. The SMILES string of the molecule is CO[C@@H](C)c1ncc(N2CCN(CC(F)(F)F)CC2)cc1-c1c2c3cc(c(F)cc3n1CC(F)(F)F)-c1csc(n1)C[C@H](NC(=O)[C@H](C(C)C)N1CCCC3(CCN(C(=O)[C@H](F)Cl)CC3)C1=O)C(=O)N1CCC[C@H](N1)C(=O)OCC(C)(C)C2. The van der Waals surface area contributed by atoms with Crippen molar-refractivity contribution in [1.29, 1.82) is 0 Å². The number of halogens is 9. The highest BCUT2D eigenvalue weighted by atomic mass is 35.5. The first-order chi connectivity index (χ1) is 39.1. The van der Waals surface area contributed by atoms with Crippen LogP contribution in [0.2, 0.25) is 0 Å². The van der Waals surface area contributed by atoms with E-state index in [9.17, 15) is 41.5 Å². The van der Waals surface area contributed by atoms with E-state index >= 15 is 17.6 Å². The van der Waals surface area contributed by atoms with Gasteiger partial charge in [0.15, 0.2) is 0 Å². The van der Waals surface area contributed by atoms with E-state index < -0.39 is 102 Å². The molecular weight excluding hydrogens is 1140 g/mol. The largest absolute Gasteiger partial charge is 0.464 e. The van der Waals surface area contributed by atoms with Crippen molar-refractivity contribution < 1.29 is 68.6 Å². The predicted molar refractivity (Wildman–Crippen MR) is 293 cm³/mol. The van der Waals surface area contributed by atoms with Crippen LogP contribution in [-0.2, 0) is 52.8 Å². The lowest BCUT2D eigenvalue weighted by atomic mass is 9.71. The van der Waals surface area contributed by atoms with E-state index in [0.29, 0.717) is 30.5 Å². The molecule has 0 unspecified atom stereocenters. The minimum atomic E-state index is -4.86. The lowest BCUT2D eigenvalue weighted by molar-refractivity contribution is -0.160. The molecule has 0 radical (unpaired) electrons. The summed E-state index contributed by atoms with van der Waals surface area (Å²) in [5.74, 6) is -4.60. The van der Waals surface area contributed by atoms with Crippen molar-refractivity contribution in [2.45, 2.75) is 135 Å². The highest BCUT2D eigenvalue weighted by molar-refractivity contribution is 7.10. The number of alkyl halides is 8. The van der Waals surface area contributed by atoms with Gasteiger partial charge in [0.2, 0.25) is 11.8 Å². The number of piperazine rings is 1. The topological polar surface area (TPSA) is 175 Å². The summed E-state index contributed by atoms with van der Waals surface area (Å²) in [6.07, 6.45) is -6.82. The summed E-state index contributed by atoms with van der Waals surface area (Å²) in [6, 6.07) is 0.579. The molecule has 5 atom stereocenters. The fraction of sp³-hybridized carbons (Fsp3) is 0.625. The number of ether oxygens (including phenoxy) is 2. The molecule has 4 amide bonds. The number of hydrogen-bond acceptors (Lipinski definition) is 13. The van der Waals surface area contributed by atoms with Gasteiger partial charge < -0.3 is 34.1 Å². The van der Waals surface area contributed by atoms with Crippen LogP contribution >= 0.6 is 22.9 Å². The molecule has 2 N–H and O–H groups in total. The van der Waals surface area contributed by atoms with Gasteiger partial charge in [-0.05, 0) is 81.5 Å². The van der Waals surface area contributed by atoms with Gasteiger partial charge in [-0.15, -0.1) is 11.3 Å². The number of carbonyl (C=O) groups is 5. The van der Waals surface area contributed by atoms with Crippen LogP contribution in [0, 0.1) is 22.6 Å². The molecule has 1 aromatic carbocycles. The number of nitrogens with zero attached hydrogens (tertiary/aromatic N) is 8. The standard InChI is InChI=1S/C56H69ClF8N10O7S/c1-31(2)45(73-13-8-10-54(52(73)80)11-15-72(16-12-54)50(78)47(57)59)48(76)68-40-24-43-67-41(27-83-43)35-22-34-37(25-53(4,5)30-82-51(79)39-9-7-14-75(69-39)49(40)77)46(74(29-56(63,64)65)42(34)23-38(35)58)36-21-33(26-66-44(36)32(3)81-6)71-19-17-70(18-20-71)28-55(60,61)62/h21-23,26-27,31-32,39-40,45,47,69H,7-20,24-25,28-30H2,1-6H3,(H,68,76)/t32-,39-,40-,45-,47-/m0/s1. The van der Waals surface area contributed by atoms with Crippen LogP contribution in [0.25, 0.3) is 33.4 Å². The molecule has 6 bridgehead atoms. The number of amides is 4. The Bertz CT molecular complexity index is 3080. The summed E-state index contributed by atoms with van der Waals surface area (Å²) >= 11 is 6.51. The maximum Gasteiger partial charge on any atom is 0.406 e. The van der Waals surface area contributed by atoms with Gasteiger partial charge in [-0.25, -0.2) is 19.2 Å². The first kappa shape index (κ1) is 61.8. The van der Waals surface area contributed by atoms with Gasteiger partial charge >= 0.3 is 18.3 Å². The number of carbonyl (C=O) groups excluding carboxylic acids is 5. The van der Waals surface area contributed by atoms with Crippen LogP contribution in [-0.4, -0.2) is 173 Å². The molecule has 83 heavy (non-hydrogen) atoms. The number of piperidine rings is 2. The molecule has 9 rings (SSSR count). The number of thiazole rings is 1. The van der Waals surface area contributed by atoms with Crippen molar-refractivity contribution in [3.8, 4) is 22.5 Å². The number of methoxy groups -OCH3 is 1. The minimum Gasteiger partial charge on any atom is -0.464 e. The van der Waals surface area contributed by atoms with E-state index in [4.69, 9.17) is 31.0 Å². The van der Waals surface area contributed by atoms with E-state index in [1.807, 2.05) is 0 Å². The summed E-state index contributed by atoms with van der Waals surface area (Å²) in [7, 11) is 1.41. The maximum atomic E-state index is 17.1. The van der Waals surface area contributed by atoms with Crippen LogP contribution in [0.15, 0.2) is 29.8 Å². The molecule has 4 aromatic rings. The van der Waals surface area contributed by atoms with E-state index in [2.05, 4.69) is 10.7 Å². The Morgan fingerprint density at radius 2 is 1.63 bits per heavy atom. The third-order valence-corrected chi connectivity index (χ3v) is 17.7. The number of aromatic nitrogens is 3. The molecule has 0 aliphatic carbocycles. The van der Waals surface area contributed by atoms with Gasteiger partial charge in [0.05, 0.1) is 64.2 Å². The summed E-state index contributed by atoms with van der Waals surface area (Å²) in [5, 5.41) is 6.16. The fourth-order valence-electron chi connectivity index (χ4n) is 12.4. The number of pyridine rings is 1. The Labute approximate surface area is 484 Å². The summed E-state index contributed by atoms with van der Waals surface area (Å²) in [4.78, 5) is 86.2. The van der Waals surface area contributed by atoms with Crippen molar-refractivity contribution in [2.75, 3.05) is 77.5 Å². The number of fused-ring (bicyclic) bond motifs is 6. The van der Waals surface area contributed by atoms with Gasteiger partial charge in [-0.2, -0.15) is 26.3 Å². The van der Waals surface area contributed by atoms with E-state index in [1.54, 1.807) is 51.0 Å². The maximum absolute atomic E-state index is 17.1. The van der Waals surface area contributed by atoms with Crippen LogP contribution in [0.4, 0.5) is 40.8 Å². The number of benzene rings is 1. The average molecular weight is 1210 g/mol. The van der Waals surface area contributed by atoms with E-state index in [0.717, 1.165) is 22.0 Å². The first-order valence-corrected chi connectivity index (χ1v) is 29.2. The van der Waals surface area contributed by atoms with E-state index in [1.165, 1.54) is 39.1 Å². The number of esters is 1. The molecule has 17 nitrogen and oxygen atoms in total. The zero-order valence-electron chi connectivity index (χ0n) is 47.0. The number of nitrogens with one attached hydrogen (secondary N) is 2. The molecule has 1 spiro atoms. The van der Waals surface area contributed by atoms with Crippen molar-refractivity contribution in [3.05, 3.63) is 51.9 Å². The predicted octanol–water partition coefficient (Wildman–Crippen LogP) is 8.36. The van der Waals surface area contributed by atoms with Crippen LogP contribution in [0.1, 0.15) is 95.5 Å². The molecule has 27 heteroatoms. The van der Waals surface area contributed by atoms with Crippen LogP contribution < -0.4 is 15.6 Å². The van der Waals surface area contributed by atoms with Crippen LogP contribution in [0.3, 0.4) is 0 Å². The lowest BCUT2D eigenvalue weighted by Crippen LogP contribution is -2.64. The van der Waals surface area contributed by atoms with Gasteiger partial charge in [0.1, 0.15) is 30.5 Å². The molecule has 0 saturated carbocycles. The highest BCUT2D eigenvalue weighted by Gasteiger charge is 2.50. The Kier molecular flexibility index (Phi) is 18.1. The Morgan fingerprint density at radius 3 is 2.28 bits per heavy atom. The second-order valence-corrected chi connectivity index (χ2v) is 24.9. The Hall–Kier alpha value is -5.70. The van der Waals surface area contributed by atoms with Crippen molar-refractivity contribution in [1.82, 2.24) is 45.0 Å². The van der Waals surface area contributed by atoms with Gasteiger partial charge in [-0.3, -0.25) is 38.9 Å². The molecule has 4 fully saturated rings. The minimum absolute atomic E-state index is 0.0221. The number of hydrazine groups is 1. The zero-order valence-corrected chi connectivity index (χ0v) is 48.6. The average Bonchev–Trinajstić information content (AvgIpc) is 1.95. The third-order valence-electron chi connectivity index (χ3n) is 16.7. The monoisotopic (exact) mass is 1210 g/mol. The number of rotatable bonds is 11. The van der Waals surface area contributed by atoms with Gasteiger partial charge in [-0.1, -0.05) is 39.3 Å². The molecule has 5 aliphatic heterocycles. The number of cyclic esters (lactones) is 1. The molecule has 454 valence electrons. The number of likely N-dealkylation sites (tertiary alicyclic amines) is 2. The molecule has 3 aromatic heterocycles. The van der Waals surface area contributed by atoms with Gasteiger partial charge in [0, 0.05) is 93.2 Å². The first-order valence-electron chi connectivity index (χ1n) is 27.9. The molecular formula is C56H69ClF8N10O7S. The summed E-state index contributed by atoms with van der Waals surface area (Å²) in [6.45, 7) is 6.69. The number of hydrogen-bond donors (Lipinski definition) is 2. The zero-order chi connectivity index (χ0) is 60.1. The molecule has 5 aliphatic rings. The summed E-state index contributed by atoms with van der Waals surface area (Å²) in [5.41, 5.74) is -0.151. The smallest absolute Gasteiger partial charge is 0.406 e. The second kappa shape index (κ2) is 24.3. The third kappa shape index (κ3) is 13.6. The van der Waals surface area contributed by atoms with E-state index in [-0.39, 0.29) is 141 Å². The lowest BCUT2D eigenvalue weighted by Gasteiger charge is -2.48. The normalized spacial score (nSPS) is 22.4. The second-order valence-electron chi connectivity index (χ2n) is 23.6. The van der Waals surface area contributed by atoms with Crippen molar-refractivity contribution in [3.63, 3.8) is 0 Å². The Morgan fingerprint density at radius 1 is 0.928 bits per heavy atom. The van der Waals surface area contributed by atoms with Crippen LogP contribution in [0.5, 0.6) is 0 Å². The molecule has 8 heterocycles. The fourth-order valence-corrected chi connectivity index (χ4v) is 13.4. The quantitative estimate of drug-likeness (QED) is 0.0836. The summed E-state index contributed by atoms with van der Waals surface area (Å²) < 4.78 is 129. The Balaban J connectivity index is 1.12. The van der Waals surface area contributed by atoms with Crippen molar-refractivity contribution >= 4 is 69.1 Å². The van der Waals surface area contributed by atoms with Crippen molar-refractivity contribution in [2.24, 2.45) is 16.7 Å². The number of anilines is 1.